The molecule has 0 aliphatic rings. The lowest BCUT2D eigenvalue weighted by molar-refractivity contribution is -0.384. The van der Waals surface area contributed by atoms with E-state index < -0.39 is 10.3 Å². The van der Waals surface area contributed by atoms with Crippen LogP contribution in [0.5, 0.6) is 0 Å². The first kappa shape index (κ1) is 15.1. The molecule has 1 amide bonds. The van der Waals surface area contributed by atoms with Crippen molar-refractivity contribution >= 4 is 11.6 Å². The first-order chi connectivity index (χ1) is 8.77. The summed E-state index contributed by atoms with van der Waals surface area (Å²) in [6.07, 6.45) is 0. The van der Waals surface area contributed by atoms with Crippen molar-refractivity contribution in [3.63, 3.8) is 0 Å². The molecular weight excluding hydrogens is 246 g/mol. The smallest absolute Gasteiger partial charge is 0.269 e. The monoisotopic (exact) mass is 265 g/mol. The molecule has 0 radical (unpaired) electrons. The number of carbonyl (C=O) groups is 1. The summed E-state index contributed by atoms with van der Waals surface area (Å²) in [6, 6.07) is 5.91. The van der Waals surface area contributed by atoms with Crippen LogP contribution in [0.2, 0.25) is 0 Å². The van der Waals surface area contributed by atoms with Gasteiger partial charge in [-0.3, -0.25) is 14.9 Å². The Balaban J connectivity index is 2.84. The molecule has 0 aliphatic heterocycles. The summed E-state index contributed by atoms with van der Waals surface area (Å²) < 4.78 is 0. The molecule has 3 N–H and O–H groups in total. The molecule has 0 saturated heterocycles. The van der Waals surface area contributed by atoms with Gasteiger partial charge in [0.15, 0.2) is 0 Å². The van der Waals surface area contributed by atoms with E-state index in [4.69, 9.17) is 5.73 Å². The van der Waals surface area contributed by atoms with Crippen LogP contribution in [0.4, 0.5) is 5.69 Å². The second-order valence-corrected chi connectivity index (χ2v) is 5.14. The topological polar surface area (TPSA) is 98.3 Å². The normalized spacial score (nSPS) is 12.8. The van der Waals surface area contributed by atoms with Gasteiger partial charge in [0, 0.05) is 18.7 Å². The second kappa shape index (κ2) is 5.79. The van der Waals surface area contributed by atoms with Crippen molar-refractivity contribution in [1.29, 1.82) is 0 Å². The highest BCUT2D eigenvalue weighted by Crippen LogP contribution is 2.21. The van der Waals surface area contributed by atoms with E-state index >= 15 is 0 Å². The van der Waals surface area contributed by atoms with Crippen LogP contribution in [-0.4, -0.2) is 17.4 Å². The number of hydrogen-bond acceptors (Lipinski definition) is 4. The van der Waals surface area contributed by atoms with E-state index in [0.29, 0.717) is 5.56 Å². The second-order valence-electron chi connectivity index (χ2n) is 5.14. The Hall–Kier alpha value is -1.95. The van der Waals surface area contributed by atoms with Crippen molar-refractivity contribution in [2.75, 3.05) is 6.54 Å². The Morgan fingerprint density at radius 2 is 2.16 bits per heavy atom. The third kappa shape index (κ3) is 3.75. The SMILES string of the molecule is CC(NC(=O)C(C)(C)CN)c1cccc([N+](=O)[O-])c1. The van der Waals surface area contributed by atoms with Crippen molar-refractivity contribution in [2.24, 2.45) is 11.1 Å². The van der Waals surface area contributed by atoms with Crippen molar-refractivity contribution < 1.29 is 9.72 Å². The van der Waals surface area contributed by atoms with Gasteiger partial charge in [0.1, 0.15) is 0 Å². The zero-order valence-electron chi connectivity index (χ0n) is 11.3. The molecule has 0 spiro atoms. The Labute approximate surface area is 112 Å². The molecular formula is C13H19N3O3. The molecule has 0 fully saturated rings. The maximum atomic E-state index is 12.0. The summed E-state index contributed by atoms with van der Waals surface area (Å²) in [5.41, 5.74) is 5.58. The lowest BCUT2D eigenvalue weighted by atomic mass is 9.92. The first-order valence-corrected chi connectivity index (χ1v) is 6.03. The molecule has 0 aliphatic carbocycles. The summed E-state index contributed by atoms with van der Waals surface area (Å²) in [6.45, 7) is 5.52. The third-order valence-corrected chi connectivity index (χ3v) is 3.05. The van der Waals surface area contributed by atoms with E-state index in [-0.39, 0.29) is 24.2 Å². The highest BCUT2D eigenvalue weighted by atomic mass is 16.6. The van der Waals surface area contributed by atoms with Gasteiger partial charge in [-0.25, -0.2) is 0 Å². The standard InChI is InChI=1S/C13H19N3O3/c1-9(15-12(17)13(2,3)8-14)10-5-4-6-11(7-10)16(18)19/h4-7,9H,8,14H2,1-3H3,(H,15,17). The Morgan fingerprint density at radius 3 is 2.68 bits per heavy atom. The number of amides is 1. The Morgan fingerprint density at radius 1 is 1.53 bits per heavy atom. The number of nitro groups is 1. The molecule has 1 rings (SSSR count). The molecule has 104 valence electrons. The summed E-state index contributed by atoms with van der Waals surface area (Å²) in [5, 5.41) is 13.5. The first-order valence-electron chi connectivity index (χ1n) is 6.03. The van der Waals surface area contributed by atoms with Gasteiger partial charge in [-0.15, -0.1) is 0 Å². The average molecular weight is 265 g/mol. The van der Waals surface area contributed by atoms with Crippen LogP contribution in [0.15, 0.2) is 24.3 Å². The molecule has 1 unspecified atom stereocenters. The molecule has 1 atom stereocenters. The number of nitrogens with two attached hydrogens (primary N) is 1. The molecule has 0 heterocycles. The predicted molar refractivity (Wildman–Crippen MR) is 72.5 cm³/mol. The Kier molecular flexibility index (Phi) is 4.61. The van der Waals surface area contributed by atoms with Gasteiger partial charge in [0.25, 0.3) is 5.69 Å². The van der Waals surface area contributed by atoms with Gasteiger partial charge in [-0.2, -0.15) is 0 Å². The van der Waals surface area contributed by atoms with Gasteiger partial charge in [-0.05, 0) is 26.3 Å². The van der Waals surface area contributed by atoms with E-state index in [1.54, 1.807) is 32.9 Å². The fourth-order valence-corrected chi connectivity index (χ4v) is 1.48. The lowest BCUT2D eigenvalue weighted by Gasteiger charge is -2.24. The number of non-ortho nitro benzene ring substituents is 1. The average Bonchev–Trinajstić information content (AvgIpc) is 2.38. The van der Waals surface area contributed by atoms with Crippen LogP contribution in [-0.2, 0) is 4.79 Å². The summed E-state index contributed by atoms with van der Waals surface area (Å²) in [5.74, 6) is -0.172. The number of nitro benzene ring substituents is 1. The lowest BCUT2D eigenvalue weighted by Crippen LogP contribution is -2.42. The van der Waals surface area contributed by atoms with Crippen LogP contribution in [0.3, 0.4) is 0 Å². The molecule has 6 nitrogen and oxygen atoms in total. The van der Waals surface area contributed by atoms with Gasteiger partial charge in [0.2, 0.25) is 5.91 Å². The van der Waals surface area contributed by atoms with Crippen LogP contribution in [0.1, 0.15) is 32.4 Å². The van der Waals surface area contributed by atoms with Gasteiger partial charge in [-0.1, -0.05) is 12.1 Å². The molecule has 0 bridgehead atoms. The summed E-state index contributed by atoms with van der Waals surface area (Å²) in [4.78, 5) is 22.2. The van der Waals surface area contributed by atoms with E-state index in [9.17, 15) is 14.9 Å². The molecule has 0 saturated carbocycles. The van der Waals surface area contributed by atoms with Gasteiger partial charge in [0.05, 0.1) is 16.4 Å². The van der Waals surface area contributed by atoms with Crippen molar-refractivity contribution in [2.45, 2.75) is 26.8 Å². The van der Waals surface area contributed by atoms with E-state index in [0.717, 1.165) is 0 Å². The minimum absolute atomic E-state index is 0.0108. The summed E-state index contributed by atoms with van der Waals surface area (Å²) in [7, 11) is 0. The van der Waals surface area contributed by atoms with Gasteiger partial charge < -0.3 is 11.1 Å². The maximum Gasteiger partial charge on any atom is 0.269 e. The highest BCUT2D eigenvalue weighted by molar-refractivity contribution is 5.82. The van der Waals surface area contributed by atoms with Crippen LogP contribution >= 0.6 is 0 Å². The molecule has 0 aromatic heterocycles. The zero-order valence-corrected chi connectivity index (χ0v) is 11.3. The van der Waals surface area contributed by atoms with Crippen LogP contribution < -0.4 is 11.1 Å². The minimum atomic E-state index is -0.658. The number of hydrogen-bond donors (Lipinski definition) is 2. The highest BCUT2D eigenvalue weighted by Gasteiger charge is 2.27. The van der Waals surface area contributed by atoms with Crippen molar-refractivity contribution in [1.82, 2.24) is 5.32 Å². The number of carbonyl (C=O) groups excluding carboxylic acids is 1. The molecule has 1 aromatic carbocycles. The third-order valence-electron chi connectivity index (χ3n) is 3.05. The fraction of sp³-hybridized carbons (Fsp3) is 0.462. The van der Waals surface area contributed by atoms with Crippen LogP contribution in [0, 0.1) is 15.5 Å². The molecule has 19 heavy (non-hydrogen) atoms. The van der Waals surface area contributed by atoms with E-state index in [2.05, 4.69) is 5.32 Å². The maximum absolute atomic E-state index is 12.0. The van der Waals surface area contributed by atoms with Crippen molar-refractivity contribution in [3.8, 4) is 0 Å². The van der Waals surface area contributed by atoms with Gasteiger partial charge >= 0.3 is 0 Å². The van der Waals surface area contributed by atoms with E-state index in [1.807, 2.05) is 0 Å². The quantitative estimate of drug-likeness (QED) is 0.626. The number of nitrogens with zero attached hydrogens (tertiary/aromatic N) is 1. The molecule has 1 aromatic rings. The largest absolute Gasteiger partial charge is 0.349 e. The minimum Gasteiger partial charge on any atom is -0.349 e. The number of nitrogens with one attached hydrogen (secondary N) is 1. The molecule has 6 heteroatoms. The fourth-order valence-electron chi connectivity index (χ4n) is 1.48. The zero-order chi connectivity index (χ0) is 14.6. The van der Waals surface area contributed by atoms with E-state index in [1.165, 1.54) is 12.1 Å². The van der Waals surface area contributed by atoms with Crippen molar-refractivity contribution in [3.05, 3.63) is 39.9 Å². The number of benzene rings is 1. The van der Waals surface area contributed by atoms with Crippen LogP contribution in [0.25, 0.3) is 0 Å². The number of rotatable bonds is 5. The Bertz CT molecular complexity index is 486. The predicted octanol–water partition coefficient (Wildman–Crippen LogP) is 1.76. The summed E-state index contributed by atoms with van der Waals surface area (Å²) >= 11 is 0.